The first-order valence-corrected chi connectivity index (χ1v) is 5.70. The van der Waals surface area contributed by atoms with Crippen LogP contribution >= 0.6 is 0 Å². The molecule has 4 aromatic rings. The van der Waals surface area contributed by atoms with E-state index in [0.717, 1.165) is 5.69 Å². The zero-order chi connectivity index (χ0) is 12.7. The van der Waals surface area contributed by atoms with E-state index >= 15 is 0 Å². The minimum absolute atomic E-state index is 0.500. The number of rotatable bonds is 2. The SMILES string of the molecule is c1coc(-c2cc(-c3ccco3)n3ncnc3n2)c1. The van der Waals surface area contributed by atoms with Crippen molar-refractivity contribution < 1.29 is 8.83 Å². The Kier molecular flexibility index (Phi) is 2.02. The molecule has 0 aliphatic carbocycles. The monoisotopic (exact) mass is 252 g/mol. The van der Waals surface area contributed by atoms with E-state index in [4.69, 9.17) is 8.83 Å². The van der Waals surface area contributed by atoms with Crippen LogP contribution in [0, 0.1) is 0 Å². The first kappa shape index (κ1) is 10.1. The van der Waals surface area contributed by atoms with Crippen molar-refractivity contribution in [3.05, 3.63) is 49.2 Å². The van der Waals surface area contributed by atoms with Crippen molar-refractivity contribution in [2.24, 2.45) is 0 Å². The summed E-state index contributed by atoms with van der Waals surface area (Å²) >= 11 is 0. The van der Waals surface area contributed by atoms with Crippen molar-refractivity contribution in [3.63, 3.8) is 0 Å². The van der Waals surface area contributed by atoms with Gasteiger partial charge in [-0.05, 0) is 30.3 Å². The molecule has 0 atom stereocenters. The minimum Gasteiger partial charge on any atom is -0.463 e. The molecule has 0 amide bonds. The zero-order valence-corrected chi connectivity index (χ0v) is 9.72. The summed E-state index contributed by atoms with van der Waals surface area (Å²) in [5.41, 5.74) is 1.47. The Bertz CT molecular complexity index is 816. The molecule has 19 heavy (non-hydrogen) atoms. The summed E-state index contributed by atoms with van der Waals surface area (Å²) in [7, 11) is 0. The van der Waals surface area contributed by atoms with Crippen LogP contribution in [-0.4, -0.2) is 19.6 Å². The maximum absolute atomic E-state index is 5.42. The first-order valence-electron chi connectivity index (χ1n) is 5.70. The van der Waals surface area contributed by atoms with Gasteiger partial charge in [0.2, 0.25) is 0 Å². The maximum Gasteiger partial charge on any atom is 0.253 e. The molecule has 0 aliphatic rings. The van der Waals surface area contributed by atoms with Crippen LogP contribution in [0.15, 0.2) is 58.0 Å². The van der Waals surface area contributed by atoms with Crippen molar-refractivity contribution in [2.45, 2.75) is 0 Å². The summed E-state index contributed by atoms with van der Waals surface area (Å²) in [4.78, 5) is 8.52. The van der Waals surface area contributed by atoms with E-state index < -0.39 is 0 Å². The third-order valence-electron chi connectivity index (χ3n) is 2.80. The summed E-state index contributed by atoms with van der Waals surface area (Å²) < 4.78 is 12.4. The Morgan fingerprint density at radius 3 is 2.53 bits per heavy atom. The second-order valence-electron chi connectivity index (χ2n) is 3.95. The van der Waals surface area contributed by atoms with Gasteiger partial charge in [-0.2, -0.15) is 14.6 Å². The van der Waals surface area contributed by atoms with E-state index in [9.17, 15) is 0 Å². The second kappa shape index (κ2) is 3.81. The molecule has 6 heteroatoms. The van der Waals surface area contributed by atoms with Gasteiger partial charge in [0.05, 0.1) is 12.5 Å². The Hall–Kier alpha value is -2.89. The summed E-state index contributed by atoms with van der Waals surface area (Å²) in [6.07, 6.45) is 4.68. The highest BCUT2D eigenvalue weighted by Crippen LogP contribution is 2.25. The second-order valence-corrected chi connectivity index (χ2v) is 3.95. The molecular weight excluding hydrogens is 244 g/mol. The number of aromatic nitrogens is 4. The van der Waals surface area contributed by atoms with Gasteiger partial charge in [0.15, 0.2) is 11.5 Å². The van der Waals surface area contributed by atoms with Gasteiger partial charge < -0.3 is 8.83 Å². The summed E-state index contributed by atoms with van der Waals surface area (Å²) in [5, 5.41) is 4.15. The van der Waals surface area contributed by atoms with Crippen LogP contribution in [0.2, 0.25) is 0 Å². The fourth-order valence-electron chi connectivity index (χ4n) is 1.96. The Balaban J connectivity index is 2.03. The summed E-state index contributed by atoms with van der Waals surface area (Å²) in [6.45, 7) is 0. The predicted octanol–water partition coefficient (Wildman–Crippen LogP) is 2.64. The lowest BCUT2D eigenvalue weighted by atomic mass is 10.2. The van der Waals surface area contributed by atoms with Gasteiger partial charge in [-0.15, -0.1) is 0 Å². The molecule has 0 aliphatic heterocycles. The van der Waals surface area contributed by atoms with E-state index in [2.05, 4.69) is 15.1 Å². The van der Waals surface area contributed by atoms with Crippen LogP contribution < -0.4 is 0 Å². The number of furan rings is 2. The number of hydrogen-bond donors (Lipinski definition) is 0. The lowest BCUT2D eigenvalue weighted by Gasteiger charge is -2.03. The normalized spacial score (nSPS) is 11.2. The third kappa shape index (κ3) is 1.54. The average Bonchev–Trinajstić information content (AvgIpc) is 3.18. The fourth-order valence-corrected chi connectivity index (χ4v) is 1.96. The highest BCUT2D eigenvalue weighted by atomic mass is 16.3. The highest BCUT2D eigenvalue weighted by molar-refractivity contribution is 5.65. The van der Waals surface area contributed by atoms with Gasteiger partial charge in [-0.3, -0.25) is 0 Å². The molecule has 4 rings (SSSR count). The lowest BCUT2D eigenvalue weighted by molar-refractivity contribution is 0.575. The first-order chi connectivity index (χ1) is 9.42. The molecule has 92 valence electrons. The van der Waals surface area contributed by atoms with Crippen LogP contribution in [0.3, 0.4) is 0 Å². The van der Waals surface area contributed by atoms with Crippen molar-refractivity contribution in [3.8, 4) is 22.9 Å². The molecule has 0 saturated carbocycles. The highest BCUT2D eigenvalue weighted by Gasteiger charge is 2.13. The average molecular weight is 252 g/mol. The minimum atomic E-state index is 0.500. The van der Waals surface area contributed by atoms with Crippen molar-refractivity contribution in [2.75, 3.05) is 0 Å². The Morgan fingerprint density at radius 2 is 1.79 bits per heavy atom. The van der Waals surface area contributed by atoms with Gasteiger partial charge in [0.1, 0.15) is 17.7 Å². The molecule has 0 unspecified atom stereocenters. The zero-order valence-electron chi connectivity index (χ0n) is 9.72. The van der Waals surface area contributed by atoms with E-state index in [-0.39, 0.29) is 0 Å². The molecular formula is C13H8N4O2. The van der Waals surface area contributed by atoms with E-state index in [1.807, 2.05) is 30.3 Å². The van der Waals surface area contributed by atoms with Crippen LogP contribution in [-0.2, 0) is 0 Å². The number of fused-ring (bicyclic) bond motifs is 1. The predicted molar refractivity (Wildman–Crippen MR) is 66.2 cm³/mol. The topological polar surface area (TPSA) is 69.4 Å². The smallest absolute Gasteiger partial charge is 0.253 e. The Labute approximate surface area is 107 Å². The van der Waals surface area contributed by atoms with Gasteiger partial charge in [0.25, 0.3) is 5.78 Å². The molecule has 0 fully saturated rings. The van der Waals surface area contributed by atoms with E-state index in [0.29, 0.717) is 23.0 Å². The summed E-state index contributed by atoms with van der Waals surface area (Å²) in [5.74, 6) is 1.88. The molecule has 4 aromatic heterocycles. The molecule has 0 bridgehead atoms. The van der Waals surface area contributed by atoms with Gasteiger partial charge in [0, 0.05) is 0 Å². The fraction of sp³-hybridized carbons (Fsp3) is 0. The van der Waals surface area contributed by atoms with Crippen LogP contribution in [0.4, 0.5) is 0 Å². The standard InChI is InChI=1S/C13H8N4O2/c1-3-11(18-5-1)9-7-10(12-4-2-6-19-12)17-13(16-9)14-8-15-17/h1-8H. The van der Waals surface area contributed by atoms with Crippen LogP contribution in [0.25, 0.3) is 28.7 Å². The molecule has 0 N–H and O–H groups in total. The number of nitrogens with zero attached hydrogens (tertiary/aromatic N) is 4. The Morgan fingerprint density at radius 1 is 1.00 bits per heavy atom. The lowest BCUT2D eigenvalue weighted by Crippen LogP contribution is -1.97. The molecule has 4 heterocycles. The van der Waals surface area contributed by atoms with Gasteiger partial charge in [-0.25, -0.2) is 4.98 Å². The van der Waals surface area contributed by atoms with Crippen LogP contribution in [0.1, 0.15) is 0 Å². The summed E-state index contributed by atoms with van der Waals surface area (Å²) in [6, 6.07) is 9.21. The number of hydrogen-bond acceptors (Lipinski definition) is 5. The third-order valence-corrected chi connectivity index (χ3v) is 2.80. The van der Waals surface area contributed by atoms with Crippen molar-refractivity contribution in [1.29, 1.82) is 0 Å². The molecule has 0 radical (unpaired) electrons. The van der Waals surface area contributed by atoms with Gasteiger partial charge in [-0.1, -0.05) is 0 Å². The van der Waals surface area contributed by atoms with Gasteiger partial charge >= 0.3 is 0 Å². The molecule has 0 spiro atoms. The molecule has 0 saturated heterocycles. The molecule has 0 aromatic carbocycles. The molecule has 6 nitrogen and oxygen atoms in total. The van der Waals surface area contributed by atoms with Crippen molar-refractivity contribution >= 4 is 5.78 Å². The van der Waals surface area contributed by atoms with E-state index in [1.165, 1.54) is 6.33 Å². The largest absolute Gasteiger partial charge is 0.463 e. The maximum atomic E-state index is 5.42. The van der Waals surface area contributed by atoms with E-state index in [1.54, 1.807) is 17.0 Å². The van der Waals surface area contributed by atoms with Crippen molar-refractivity contribution in [1.82, 2.24) is 19.6 Å². The quantitative estimate of drug-likeness (QED) is 0.548. The van der Waals surface area contributed by atoms with Crippen LogP contribution in [0.5, 0.6) is 0 Å².